The van der Waals surface area contributed by atoms with Crippen LogP contribution >= 0.6 is 0 Å². The van der Waals surface area contributed by atoms with Crippen molar-refractivity contribution in [3.8, 4) is 0 Å². The molecule has 0 aliphatic rings. The molecule has 2 unspecified atom stereocenters. The summed E-state index contributed by atoms with van der Waals surface area (Å²) in [5.41, 5.74) is -0.834. The van der Waals surface area contributed by atoms with Crippen LogP contribution in [0.3, 0.4) is 0 Å². The van der Waals surface area contributed by atoms with Gasteiger partial charge in [0.1, 0.15) is 0 Å². The Morgan fingerprint density at radius 3 is 2.21 bits per heavy atom. The first-order valence-corrected chi connectivity index (χ1v) is 4.23. The average Bonchev–Trinajstić information content (AvgIpc) is 2.12. The number of nitrogens with one attached hydrogen (secondary N) is 1. The van der Waals surface area contributed by atoms with Gasteiger partial charge >= 0.3 is 6.18 Å². The van der Waals surface area contributed by atoms with E-state index in [1.165, 1.54) is 0 Å². The number of hydrogen-bond acceptors (Lipinski definition) is 3. The van der Waals surface area contributed by atoms with E-state index in [1.807, 2.05) is 0 Å². The number of halogens is 3. The summed E-state index contributed by atoms with van der Waals surface area (Å²) in [6.45, 7) is 2.04. The zero-order valence-electron chi connectivity index (χ0n) is 8.48. The van der Waals surface area contributed by atoms with Gasteiger partial charge in [-0.2, -0.15) is 13.2 Å². The van der Waals surface area contributed by atoms with Crippen LogP contribution in [0.25, 0.3) is 0 Å². The first-order chi connectivity index (χ1) is 6.25. The summed E-state index contributed by atoms with van der Waals surface area (Å²) in [7, 11) is 1.55. The molecule has 0 spiro atoms. The number of hydrogen-bond donors (Lipinski definition) is 2. The van der Waals surface area contributed by atoms with Crippen molar-refractivity contribution in [1.29, 1.82) is 0 Å². The number of aliphatic hydroxyl groups is 1. The molecular weight excluding hydrogens is 199 g/mol. The Labute approximate surface area is 81.2 Å². The van der Waals surface area contributed by atoms with Gasteiger partial charge in [-0.25, -0.2) is 0 Å². The fraction of sp³-hybridized carbons (Fsp3) is 1.00. The smallest absolute Gasteiger partial charge is 0.394 e. The zero-order chi connectivity index (χ0) is 11.4. The number of likely N-dealkylation sites (N-methyl/N-ethyl adjacent to an activating group) is 1. The van der Waals surface area contributed by atoms with E-state index in [0.717, 1.165) is 6.92 Å². The largest absolute Gasteiger partial charge is 0.414 e. The second kappa shape index (κ2) is 4.95. The molecule has 0 amide bonds. The minimum absolute atomic E-state index is 0.194. The lowest BCUT2D eigenvalue weighted by Gasteiger charge is -2.28. The molecule has 0 bridgehead atoms. The predicted molar refractivity (Wildman–Crippen MR) is 46.0 cm³/mol. The maximum absolute atomic E-state index is 12.0. The SMILES string of the molecule is CNC(C)(CO)COC(C)C(F)(F)F. The van der Waals surface area contributed by atoms with Gasteiger partial charge in [0.25, 0.3) is 0 Å². The zero-order valence-corrected chi connectivity index (χ0v) is 8.48. The summed E-state index contributed by atoms with van der Waals surface area (Å²) in [6.07, 6.45) is -6.17. The van der Waals surface area contributed by atoms with Gasteiger partial charge in [0, 0.05) is 0 Å². The van der Waals surface area contributed by atoms with Crippen LogP contribution < -0.4 is 5.32 Å². The third kappa shape index (κ3) is 4.26. The van der Waals surface area contributed by atoms with Crippen LogP contribution in [0.5, 0.6) is 0 Å². The van der Waals surface area contributed by atoms with Crippen molar-refractivity contribution in [3.05, 3.63) is 0 Å². The van der Waals surface area contributed by atoms with Gasteiger partial charge in [0.05, 0.1) is 18.8 Å². The van der Waals surface area contributed by atoms with Crippen molar-refractivity contribution < 1.29 is 23.0 Å². The highest BCUT2D eigenvalue weighted by Crippen LogP contribution is 2.23. The molecule has 0 aliphatic heterocycles. The number of aliphatic hydroxyl groups excluding tert-OH is 1. The van der Waals surface area contributed by atoms with E-state index < -0.39 is 17.8 Å². The molecule has 14 heavy (non-hydrogen) atoms. The van der Waals surface area contributed by atoms with E-state index in [1.54, 1.807) is 14.0 Å². The molecule has 0 fully saturated rings. The van der Waals surface area contributed by atoms with E-state index >= 15 is 0 Å². The lowest BCUT2D eigenvalue weighted by molar-refractivity contribution is -0.219. The summed E-state index contributed by atoms with van der Waals surface area (Å²) in [4.78, 5) is 0. The van der Waals surface area contributed by atoms with E-state index in [2.05, 4.69) is 10.1 Å². The quantitative estimate of drug-likeness (QED) is 0.716. The topological polar surface area (TPSA) is 41.5 Å². The third-order valence-corrected chi connectivity index (χ3v) is 2.07. The highest BCUT2D eigenvalue weighted by atomic mass is 19.4. The van der Waals surface area contributed by atoms with E-state index in [-0.39, 0.29) is 13.2 Å². The van der Waals surface area contributed by atoms with Crippen LogP contribution in [0.1, 0.15) is 13.8 Å². The Kier molecular flexibility index (Phi) is 4.83. The molecule has 0 aromatic carbocycles. The van der Waals surface area contributed by atoms with Gasteiger partial charge in [-0.1, -0.05) is 0 Å². The van der Waals surface area contributed by atoms with Crippen LogP contribution in [0.2, 0.25) is 0 Å². The standard InChI is InChI=1S/C8H16F3NO2/c1-6(8(9,10)11)14-5-7(2,4-13)12-3/h6,12-13H,4-5H2,1-3H3. The first kappa shape index (κ1) is 13.7. The van der Waals surface area contributed by atoms with Gasteiger partial charge < -0.3 is 15.2 Å². The van der Waals surface area contributed by atoms with E-state index in [0.29, 0.717) is 0 Å². The second-order valence-electron chi connectivity index (χ2n) is 3.46. The lowest BCUT2D eigenvalue weighted by Crippen LogP contribution is -2.49. The van der Waals surface area contributed by atoms with Crippen LogP contribution in [0.15, 0.2) is 0 Å². The summed E-state index contributed by atoms with van der Waals surface area (Å²) in [6, 6.07) is 0. The Hall–Kier alpha value is -0.330. The minimum Gasteiger partial charge on any atom is -0.394 e. The van der Waals surface area contributed by atoms with Crippen molar-refractivity contribution in [2.75, 3.05) is 20.3 Å². The van der Waals surface area contributed by atoms with Crippen molar-refractivity contribution in [1.82, 2.24) is 5.32 Å². The highest BCUT2D eigenvalue weighted by Gasteiger charge is 2.38. The van der Waals surface area contributed by atoms with E-state index in [4.69, 9.17) is 5.11 Å². The molecule has 86 valence electrons. The number of alkyl halides is 3. The molecule has 0 saturated heterocycles. The van der Waals surface area contributed by atoms with Crippen molar-refractivity contribution in [3.63, 3.8) is 0 Å². The van der Waals surface area contributed by atoms with Gasteiger partial charge in [-0.15, -0.1) is 0 Å². The Balaban J connectivity index is 4.05. The molecule has 0 aromatic heterocycles. The fourth-order valence-electron chi connectivity index (χ4n) is 0.600. The molecule has 3 nitrogen and oxygen atoms in total. The van der Waals surface area contributed by atoms with Gasteiger partial charge in [-0.05, 0) is 20.9 Å². The molecule has 2 atom stereocenters. The molecule has 0 saturated carbocycles. The number of ether oxygens (including phenoxy) is 1. The molecule has 0 aliphatic carbocycles. The summed E-state index contributed by atoms with van der Waals surface area (Å²) in [5.74, 6) is 0. The van der Waals surface area contributed by atoms with Crippen molar-refractivity contribution in [2.24, 2.45) is 0 Å². The van der Waals surface area contributed by atoms with Gasteiger partial charge in [0.2, 0.25) is 0 Å². The van der Waals surface area contributed by atoms with Crippen LogP contribution in [0.4, 0.5) is 13.2 Å². The second-order valence-corrected chi connectivity index (χ2v) is 3.46. The third-order valence-electron chi connectivity index (χ3n) is 2.07. The molecule has 0 rings (SSSR count). The Morgan fingerprint density at radius 2 is 1.93 bits per heavy atom. The maximum Gasteiger partial charge on any atom is 0.414 e. The molecule has 0 heterocycles. The van der Waals surface area contributed by atoms with Crippen LogP contribution in [-0.4, -0.2) is 43.2 Å². The van der Waals surface area contributed by atoms with Gasteiger partial charge in [-0.3, -0.25) is 0 Å². The maximum atomic E-state index is 12.0. The highest BCUT2D eigenvalue weighted by molar-refractivity contribution is 4.80. The molecule has 0 radical (unpaired) electrons. The average molecular weight is 215 g/mol. The Morgan fingerprint density at radius 1 is 1.43 bits per heavy atom. The van der Waals surface area contributed by atoms with E-state index in [9.17, 15) is 13.2 Å². The number of rotatable bonds is 5. The summed E-state index contributed by atoms with van der Waals surface area (Å²) < 4.78 is 40.7. The summed E-state index contributed by atoms with van der Waals surface area (Å²) >= 11 is 0. The first-order valence-electron chi connectivity index (χ1n) is 4.23. The normalized spacial score (nSPS) is 19.1. The molecule has 6 heteroatoms. The summed E-state index contributed by atoms with van der Waals surface area (Å²) in [5, 5.41) is 11.6. The Bertz CT molecular complexity index is 168. The molecular formula is C8H16F3NO2. The van der Waals surface area contributed by atoms with Crippen LogP contribution in [-0.2, 0) is 4.74 Å². The van der Waals surface area contributed by atoms with Gasteiger partial charge in [0.15, 0.2) is 6.10 Å². The van der Waals surface area contributed by atoms with Crippen molar-refractivity contribution in [2.45, 2.75) is 31.7 Å². The lowest BCUT2D eigenvalue weighted by atomic mass is 10.1. The van der Waals surface area contributed by atoms with Crippen LogP contribution in [0, 0.1) is 0 Å². The molecule has 0 aromatic rings. The predicted octanol–water partition coefficient (Wildman–Crippen LogP) is 0.924. The van der Waals surface area contributed by atoms with Crippen molar-refractivity contribution >= 4 is 0 Å². The minimum atomic E-state index is -4.36. The fourth-order valence-corrected chi connectivity index (χ4v) is 0.600. The molecule has 2 N–H and O–H groups in total. The monoisotopic (exact) mass is 215 g/mol.